The van der Waals surface area contributed by atoms with E-state index in [0.29, 0.717) is 5.92 Å². The third kappa shape index (κ3) is 3.72. The highest BCUT2D eigenvalue weighted by atomic mass is 16.5. The van der Waals surface area contributed by atoms with E-state index in [2.05, 4.69) is 21.6 Å². The smallest absolute Gasteiger partial charge is 0.118 e. The summed E-state index contributed by atoms with van der Waals surface area (Å²) in [6, 6.07) is 8.35. The summed E-state index contributed by atoms with van der Waals surface area (Å²) < 4.78 is 13.2. The first kappa shape index (κ1) is 16.6. The topological polar surface area (TPSA) is 39.5 Å². The SMILES string of the molecule is COC[C@H]1CN(Cc2ccc(OC)cc2)Cc2ncn(CC3CC3)c21. The number of methoxy groups -OCH3 is 2. The summed E-state index contributed by atoms with van der Waals surface area (Å²) in [5.41, 5.74) is 3.93. The van der Waals surface area contributed by atoms with Crippen molar-refractivity contribution < 1.29 is 9.47 Å². The molecule has 0 bridgehead atoms. The van der Waals surface area contributed by atoms with Crippen LogP contribution in [0.4, 0.5) is 0 Å². The van der Waals surface area contributed by atoms with Crippen LogP contribution in [0, 0.1) is 5.92 Å². The first-order valence-electron chi connectivity index (χ1n) is 9.15. The van der Waals surface area contributed by atoms with E-state index in [0.717, 1.165) is 44.5 Å². The van der Waals surface area contributed by atoms with Crippen molar-refractivity contribution in [1.29, 1.82) is 0 Å². The average molecular weight is 341 g/mol. The van der Waals surface area contributed by atoms with Crippen LogP contribution < -0.4 is 4.74 Å². The van der Waals surface area contributed by atoms with E-state index >= 15 is 0 Å². The van der Waals surface area contributed by atoms with Gasteiger partial charge < -0.3 is 14.0 Å². The van der Waals surface area contributed by atoms with Gasteiger partial charge in [0.15, 0.2) is 0 Å². The maximum absolute atomic E-state index is 5.53. The Morgan fingerprint density at radius 3 is 2.64 bits per heavy atom. The Kier molecular flexibility index (Phi) is 4.77. The first-order chi connectivity index (χ1) is 12.3. The fourth-order valence-corrected chi connectivity index (χ4v) is 3.87. The van der Waals surface area contributed by atoms with Gasteiger partial charge in [0.05, 0.1) is 25.7 Å². The standard InChI is InChI=1S/C20H27N3O2/c1-24-13-17-11-22(9-15-5-7-18(25-2)8-6-15)12-19-20(17)23(14-21-19)10-16-3-4-16/h5-8,14,16-17H,3-4,9-13H2,1-2H3/t17-/m1/s1. The van der Waals surface area contributed by atoms with E-state index in [1.165, 1.54) is 29.8 Å². The van der Waals surface area contributed by atoms with Crippen molar-refractivity contribution in [3.8, 4) is 5.75 Å². The van der Waals surface area contributed by atoms with Gasteiger partial charge in [0, 0.05) is 44.9 Å². The molecule has 1 fully saturated rings. The molecule has 0 radical (unpaired) electrons. The van der Waals surface area contributed by atoms with Gasteiger partial charge in [-0.1, -0.05) is 12.1 Å². The summed E-state index contributed by atoms with van der Waals surface area (Å²) in [7, 11) is 3.50. The monoisotopic (exact) mass is 341 g/mol. The molecule has 25 heavy (non-hydrogen) atoms. The molecular weight excluding hydrogens is 314 g/mol. The number of nitrogens with zero attached hydrogens (tertiary/aromatic N) is 3. The van der Waals surface area contributed by atoms with E-state index in [1.54, 1.807) is 14.2 Å². The summed E-state index contributed by atoms with van der Waals surface area (Å²) in [5.74, 6) is 2.16. The molecule has 0 spiro atoms. The summed E-state index contributed by atoms with van der Waals surface area (Å²) in [4.78, 5) is 7.21. The molecule has 1 aliphatic carbocycles. The van der Waals surface area contributed by atoms with Crippen LogP contribution in [0.2, 0.25) is 0 Å². The van der Waals surface area contributed by atoms with Crippen LogP contribution in [0.15, 0.2) is 30.6 Å². The van der Waals surface area contributed by atoms with Crippen molar-refractivity contribution in [3.63, 3.8) is 0 Å². The highest BCUT2D eigenvalue weighted by Gasteiger charge is 2.31. The number of aromatic nitrogens is 2. The van der Waals surface area contributed by atoms with Gasteiger partial charge in [0.2, 0.25) is 0 Å². The largest absolute Gasteiger partial charge is 0.497 e. The highest BCUT2D eigenvalue weighted by Crippen LogP contribution is 2.34. The molecule has 1 atom stereocenters. The van der Waals surface area contributed by atoms with Crippen LogP contribution in [0.1, 0.15) is 35.7 Å². The molecule has 2 aliphatic rings. The molecule has 0 unspecified atom stereocenters. The number of imidazole rings is 1. The second-order valence-corrected chi connectivity index (χ2v) is 7.34. The van der Waals surface area contributed by atoms with E-state index < -0.39 is 0 Å². The molecule has 1 aliphatic heterocycles. The van der Waals surface area contributed by atoms with Gasteiger partial charge >= 0.3 is 0 Å². The minimum Gasteiger partial charge on any atom is -0.497 e. The van der Waals surface area contributed by atoms with Crippen molar-refractivity contribution in [2.24, 2.45) is 5.92 Å². The molecule has 2 aromatic rings. The van der Waals surface area contributed by atoms with Crippen LogP contribution >= 0.6 is 0 Å². The molecule has 1 aromatic carbocycles. The number of hydrogen-bond donors (Lipinski definition) is 0. The molecule has 2 heterocycles. The zero-order valence-electron chi connectivity index (χ0n) is 15.1. The molecule has 1 saturated carbocycles. The number of rotatable bonds is 7. The predicted molar refractivity (Wildman–Crippen MR) is 96.7 cm³/mol. The molecule has 4 rings (SSSR count). The second-order valence-electron chi connectivity index (χ2n) is 7.34. The first-order valence-corrected chi connectivity index (χ1v) is 9.15. The fraction of sp³-hybridized carbons (Fsp3) is 0.550. The molecule has 0 saturated heterocycles. The van der Waals surface area contributed by atoms with Crippen LogP contribution in [-0.2, 0) is 24.4 Å². The van der Waals surface area contributed by atoms with E-state index in [4.69, 9.17) is 14.5 Å². The molecule has 5 nitrogen and oxygen atoms in total. The maximum Gasteiger partial charge on any atom is 0.118 e. The van der Waals surface area contributed by atoms with Crippen molar-refractivity contribution >= 4 is 0 Å². The van der Waals surface area contributed by atoms with Crippen LogP contribution in [-0.4, -0.2) is 41.8 Å². The molecule has 0 N–H and O–H groups in total. The van der Waals surface area contributed by atoms with E-state index in [1.807, 2.05) is 18.5 Å². The van der Waals surface area contributed by atoms with Crippen molar-refractivity contribution in [3.05, 3.63) is 47.5 Å². The van der Waals surface area contributed by atoms with Crippen LogP contribution in [0.25, 0.3) is 0 Å². The van der Waals surface area contributed by atoms with Gasteiger partial charge in [0.1, 0.15) is 5.75 Å². The lowest BCUT2D eigenvalue weighted by atomic mass is 9.98. The highest BCUT2D eigenvalue weighted by molar-refractivity contribution is 5.28. The Balaban J connectivity index is 1.50. The summed E-state index contributed by atoms with van der Waals surface area (Å²) in [6.45, 7) is 4.74. The van der Waals surface area contributed by atoms with Crippen molar-refractivity contribution in [1.82, 2.24) is 14.5 Å². The van der Waals surface area contributed by atoms with Crippen LogP contribution in [0.3, 0.4) is 0 Å². The van der Waals surface area contributed by atoms with E-state index in [9.17, 15) is 0 Å². The fourth-order valence-electron chi connectivity index (χ4n) is 3.87. The van der Waals surface area contributed by atoms with Crippen molar-refractivity contribution in [2.45, 2.75) is 38.4 Å². The summed E-state index contributed by atoms with van der Waals surface area (Å²) in [5, 5.41) is 0. The van der Waals surface area contributed by atoms with E-state index in [-0.39, 0.29) is 0 Å². The summed E-state index contributed by atoms with van der Waals surface area (Å²) >= 11 is 0. The quantitative estimate of drug-likeness (QED) is 0.776. The number of ether oxygens (including phenoxy) is 2. The molecule has 5 heteroatoms. The lowest BCUT2D eigenvalue weighted by molar-refractivity contribution is 0.131. The second kappa shape index (κ2) is 7.18. The normalized spacial score (nSPS) is 20.5. The van der Waals surface area contributed by atoms with Gasteiger partial charge in [-0.05, 0) is 36.5 Å². The minimum atomic E-state index is 0.397. The lowest BCUT2D eigenvalue weighted by Crippen LogP contribution is -2.36. The van der Waals surface area contributed by atoms with Gasteiger partial charge in [-0.15, -0.1) is 0 Å². The Morgan fingerprint density at radius 2 is 1.96 bits per heavy atom. The Labute approximate surface area is 149 Å². The molecule has 134 valence electrons. The third-order valence-electron chi connectivity index (χ3n) is 5.28. The van der Waals surface area contributed by atoms with Gasteiger partial charge in [-0.2, -0.15) is 0 Å². The minimum absolute atomic E-state index is 0.397. The lowest BCUT2D eigenvalue weighted by Gasteiger charge is -2.33. The third-order valence-corrected chi connectivity index (χ3v) is 5.28. The van der Waals surface area contributed by atoms with Crippen molar-refractivity contribution in [2.75, 3.05) is 27.4 Å². The molecule has 1 aromatic heterocycles. The van der Waals surface area contributed by atoms with Gasteiger partial charge in [0.25, 0.3) is 0 Å². The Morgan fingerprint density at radius 1 is 1.16 bits per heavy atom. The number of fused-ring (bicyclic) bond motifs is 1. The number of hydrogen-bond acceptors (Lipinski definition) is 4. The Bertz CT molecular complexity index is 706. The predicted octanol–water partition coefficient (Wildman–Crippen LogP) is 3.05. The van der Waals surface area contributed by atoms with Gasteiger partial charge in [-0.25, -0.2) is 4.98 Å². The maximum atomic E-state index is 5.53. The number of benzene rings is 1. The molecular formula is C20H27N3O2. The Hall–Kier alpha value is -1.85. The molecule has 0 amide bonds. The zero-order chi connectivity index (χ0) is 17.2. The summed E-state index contributed by atoms with van der Waals surface area (Å²) in [6.07, 6.45) is 4.78. The van der Waals surface area contributed by atoms with Crippen LogP contribution in [0.5, 0.6) is 5.75 Å². The zero-order valence-corrected chi connectivity index (χ0v) is 15.1. The van der Waals surface area contributed by atoms with Gasteiger partial charge in [-0.3, -0.25) is 4.90 Å². The average Bonchev–Trinajstić information content (AvgIpc) is 3.35.